The summed E-state index contributed by atoms with van der Waals surface area (Å²) in [6.45, 7) is 1.68. The highest BCUT2D eigenvalue weighted by atomic mass is 19.1. The molecule has 0 aliphatic carbocycles. The van der Waals surface area contributed by atoms with Crippen LogP contribution in [0.3, 0.4) is 0 Å². The second-order valence-corrected chi connectivity index (χ2v) is 3.54. The average Bonchev–Trinajstić information content (AvgIpc) is 2.17. The minimum Gasteiger partial charge on any atom is -0.487 e. The lowest BCUT2D eigenvalue weighted by molar-refractivity contribution is 0.140. The normalized spacial score (nSPS) is 20.6. The number of alkyl halides is 1. The van der Waals surface area contributed by atoms with Gasteiger partial charge in [-0.25, -0.2) is 4.39 Å². The minimum atomic E-state index is -0.382. The fourth-order valence-corrected chi connectivity index (χ4v) is 1.68. The van der Waals surface area contributed by atoms with E-state index in [-0.39, 0.29) is 12.8 Å². The monoisotopic (exact) mass is 180 g/mol. The zero-order valence-electron chi connectivity index (χ0n) is 7.72. The highest BCUT2D eigenvalue weighted by molar-refractivity contribution is 5.38. The van der Waals surface area contributed by atoms with Crippen molar-refractivity contribution in [1.82, 2.24) is 0 Å². The van der Waals surface area contributed by atoms with Gasteiger partial charge in [0.2, 0.25) is 0 Å². The fraction of sp³-hybridized carbons (Fsp3) is 0.455. The first-order chi connectivity index (χ1) is 6.29. The van der Waals surface area contributed by atoms with Crippen LogP contribution < -0.4 is 4.74 Å². The Morgan fingerprint density at radius 3 is 3.15 bits per heavy atom. The van der Waals surface area contributed by atoms with E-state index in [4.69, 9.17) is 4.74 Å². The Balaban J connectivity index is 2.26. The number of hydrogen-bond donors (Lipinski definition) is 0. The summed E-state index contributed by atoms with van der Waals surface area (Å²) in [5.41, 5.74) is 2.45. The number of benzene rings is 1. The van der Waals surface area contributed by atoms with E-state index in [0.717, 1.165) is 18.6 Å². The van der Waals surface area contributed by atoms with Crippen LogP contribution in [0.2, 0.25) is 0 Å². The lowest BCUT2D eigenvalue weighted by Gasteiger charge is -2.24. The maximum atomic E-state index is 12.3. The van der Waals surface area contributed by atoms with Crippen LogP contribution >= 0.6 is 0 Å². The molecule has 1 heterocycles. The maximum Gasteiger partial charge on any atom is 0.127 e. The molecule has 0 amide bonds. The summed E-state index contributed by atoms with van der Waals surface area (Å²) >= 11 is 0. The smallest absolute Gasteiger partial charge is 0.127 e. The molecule has 0 radical (unpaired) electrons. The standard InChI is InChI=1S/C11H13FO/c1-8-2-5-11-9(6-8)3-4-10(7-12)13-11/h2,5-6,10H,3-4,7H2,1H3. The molecule has 0 N–H and O–H groups in total. The molecule has 70 valence electrons. The lowest BCUT2D eigenvalue weighted by Crippen LogP contribution is -2.24. The van der Waals surface area contributed by atoms with E-state index in [1.165, 1.54) is 11.1 Å². The summed E-state index contributed by atoms with van der Waals surface area (Å²) in [6, 6.07) is 6.05. The van der Waals surface area contributed by atoms with Crippen LogP contribution in [0, 0.1) is 6.92 Å². The van der Waals surface area contributed by atoms with E-state index in [0.29, 0.717) is 0 Å². The van der Waals surface area contributed by atoms with Gasteiger partial charge >= 0.3 is 0 Å². The van der Waals surface area contributed by atoms with E-state index >= 15 is 0 Å². The zero-order valence-corrected chi connectivity index (χ0v) is 7.72. The molecule has 0 aromatic heterocycles. The van der Waals surface area contributed by atoms with E-state index in [9.17, 15) is 4.39 Å². The first kappa shape index (κ1) is 8.54. The van der Waals surface area contributed by atoms with Crippen LogP contribution in [0.4, 0.5) is 4.39 Å². The van der Waals surface area contributed by atoms with Crippen molar-refractivity contribution in [3.63, 3.8) is 0 Å². The topological polar surface area (TPSA) is 9.23 Å². The van der Waals surface area contributed by atoms with Crippen molar-refractivity contribution >= 4 is 0 Å². The van der Waals surface area contributed by atoms with E-state index in [2.05, 4.69) is 13.0 Å². The third kappa shape index (κ3) is 1.67. The maximum absolute atomic E-state index is 12.3. The molecule has 0 fully saturated rings. The van der Waals surface area contributed by atoms with Gasteiger partial charge in [-0.1, -0.05) is 17.7 Å². The molecule has 1 unspecified atom stereocenters. The Kier molecular flexibility index (Phi) is 2.21. The third-order valence-corrected chi connectivity index (χ3v) is 2.42. The number of halogens is 1. The van der Waals surface area contributed by atoms with Crippen LogP contribution in [0.25, 0.3) is 0 Å². The summed E-state index contributed by atoms with van der Waals surface area (Å²) in [7, 11) is 0. The molecule has 2 heteroatoms. The zero-order chi connectivity index (χ0) is 9.26. The number of fused-ring (bicyclic) bond motifs is 1. The molecule has 1 aromatic carbocycles. The predicted octanol–water partition coefficient (Wildman–Crippen LogP) is 2.66. The molecule has 1 aliphatic heterocycles. The molecule has 1 nitrogen and oxygen atoms in total. The van der Waals surface area contributed by atoms with E-state index < -0.39 is 0 Å². The van der Waals surface area contributed by atoms with E-state index in [1.54, 1.807) is 0 Å². The Hall–Kier alpha value is -1.05. The Labute approximate surface area is 77.5 Å². The second-order valence-electron chi connectivity index (χ2n) is 3.54. The van der Waals surface area contributed by atoms with Crippen molar-refractivity contribution in [2.24, 2.45) is 0 Å². The lowest BCUT2D eigenvalue weighted by atomic mass is 10.0. The van der Waals surface area contributed by atoms with Crippen LogP contribution in [-0.4, -0.2) is 12.8 Å². The van der Waals surface area contributed by atoms with Gasteiger partial charge in [-0.15, -0.1) is 0 Å². The number of aryl methyl sites for hydroxylation is 2. The van der Waals surface area contributed by atoms with Gasteiger partial charge < -0.3 is 4.74 Å². The van der Waals surface area contributed by atoms with Gasteiger partial charge in [0.05, 0.1) is 0 Å². The average molecular weight is 180 g/mol. The third-order valence-electron chi connectivity index (χ3n) is 2.42. The fourth-order valence-electron chi connectivity index (χ4n) is 1.68. The molecular formula is C11H13FO. The van der Waals surface area contributed by atoms with Crippen molar-refractivity contribution in [3.05, 3.63) is 29.3 Å². The Morgan fingerprint density at radius 1 is 1.54 bits per heavy atom. The van der Waals surface area contributed by atoms with Gasteiger partial charge in [-0.2, -0.15) is 0 Å². The van der Waals surface area contributed by atoms with Gasteiger partial charge in [0, 0.05) is 0 Å². The molecule has 0 saturated carbocycles. The van der Waals surface area contributed by atoms with Crippen molar-refractivity contribution in [2.75, 3.05) is 6.67 Å². The quantitative estimate of drug-likeness (QED) is 0.645. The first-order valence-corrected chi connectivity index (χ1v) is 4.62. The summed E-state index contributed by atoms with van der Waals surface area (Å²) in [6.07, 6.45) is 1.51. The number of ether oxygens (including phenoxy) is 1. The molecule has 2 rings (SSSR count). The van der Waals surface area contributed by atoms with E-state index in [1.807, 2.05) is 12.1 Å². The number of hydrogen-bond acceptors (Lipinski definition) is 1. The molecule has 1 aliphatic rings. The summed E-state index contributed by atoms with van der Waals surface area (Å²) < 4.78 is 17.8. The Bertz CT molecular complexity index is 309. The second kappa shape index (κ2) is 3.36. The predicted molar refractivity (Wildman–Crippen MR) is 49.9 cm³/mol. The van der Waals surface area contributed by atoms with Crippen molar-refractivity contribution in [3.8, 4) is 5.75 Å². The van der Waals surface area contributed by atoms with Crippen LogP contribution in [-0.2, 0) is 6.42 Å². The van der Waals surface area contributed by atoms with Gasteiger partial charge in [0.25, 0.3) is 0 Å². The molecule has 1 aromatic rings. The van der Waals surface area contributed by atoms with Crippen molar-refractivity contribution < 1.29 is 9.13 Å². The highest BCUT2D eigenvalue weighted by Gasteiger charge is 2.18. The van der Waals surface area contributed by atoms with Crippen molar-refractivity contribution in [1.29, 1.82) is 0 Å². The molecule has 1 atom stereocenters. The van der Waals surface area contributed by atoms with Gasteiger partial charge in [-0.05, 0) is 31.4 Å². The first-order valence-electron chi connectivity index (χ1n) is 4.62. The summed E-state index contributed by atoms with van der Waals surface area (Å²) in [5, 5.41) is 0. The van der Waals surface area contributed by atoms with Crippen LogP contribution in [0.5, 0.6) is 5.75 Å². The number of rotatable bonds is 1. The molecular weight excluding hydrogens is 167 g/mol. The minimum absolute atomic E-state index is 0.227. The summed E-state index contributed by atoms with van der Waals surface area (Å²) in [4.78, 5) is 0. The Morgan fingerprint density at radius 2 is 2.38 bits per heavy atom. The largest absolute Gasteiger partial charge is 0.487 e. The highest BCUT2D eigenvalue weighted by Crippen LogP contribution is 2.28. The van der Waals surface area contributed by atoms with Crippen LogP contribution in [0.1, 0.15) is 17.5 Å². The van der Waals surface area contributed by atoms with Crippen molar-refractivity contribution in [2.45, 2.75) is 25.9 Å². The van der Waals surface area contributed by atoms with Crippen LogP contribution in [0.15, 0.2) is 18.2 Å². The molecule has 0 bridgehead atoms. The van der Waals surface area contributed by atoms with Gasteiger partial charge in [0.15, 0.2) is 0 Å². The van der Waals surface area contributed by atoms with Gasteiger partial charge in [0.1, 0.15) is 18.5 Å². The summed E-state index contributed by atoms with van der Waals surface area (Å²) in [5.74, 6) is 0.861. The SMILES string of the molecule is Cc1ccc2c(c1)CCC(CF)O2. The molecule has 0 saturated heterocycles. The molecule has 0 spiro atoms. The molecule has 13 heavy (non-hydrogen) atoms. The van der Waals surface area contributed by atoms with Gasteiger partial charge in [-0.3, -0.25) is 0 Å².